The van der Waals surface area contributed by atoms with Gasteiger partial charge in [-0.2, -0.15) is 0 Å². The number of sulfonamides is 1. The van der Waals surface area contributed by atoms with Crippen LogP contribution in [0, 0.1) is 5.92 Å². The summed E-state index contributed by atoms with van der Waals surface area (Å²) in [7, 11) is -3.42. The highest BCUT2D eigenvalue weighted by Crippen LogP contribution is 2.31. The van der Waals surface area contributed by atoms with Crippen molar-refractivity contribution in [2.24, 2.45) is 11.7 Å². The Hall–Kier alpha value is -1.31. The van der Waals surface area contributed by atoms with Gasteiger partial charge in [-0.15, -0.1) is 12.4 Å². The van der Waals surface area contributed by atoms with E-state index in [1.807, 2.05) is 0 Å². The van der Waals surface area contributed by atoms with Crippen LogP contribution < -0.4 is 15.8 Å². The normalized spacial score (nSPS) is 15.7. The standard InChI is InChI=1S/C13H19N3O3S.ClH/c1-20(18,19)16-12-5-3-2-4-10(12)13(17)15-8-11(14)9-6-7-9;/h2-5,9,11,16H,6-8,14H2,1H3,(H,15,17);1H. The van der Waals surface area contributed by atoms with Gasteiger partial charge in [0, 0.05) is 12.6 Å². The van der Waals surface area contributed by atoms with Gasteiger partial charge >= 0.3 is 0 Å². The zero-order chi connectivity index (χ0) is 14.8. The highest BCUT2D eigenvalue weighted by Gasteiger charge is 2.28. The smallest absolute Gasteiger partial charge is 0.253 e. The maximum atomic E-state index is 12.1. The Morgan fingerprint density at radius 3 is 2.57 bits per heavy atom. The molecule has 21 heavy (non-hydrogen) atoms. The molecule has 0 spiro atoms. The Balaban J connectivity index is 0.00000220. The van der Waals surface area contributed by atoms with E-state index in [0.717, 1.165) is 19.1 Å². The summed E-state index contributed by atoms with van der Waals surface area (Å²) in [5.74, 6) is 0.174. The Labute approximate surface area is 130 Å². The van der Waals surface area contributed by atoms with E-state index < -0.39 is 10.0 Å². The fraction of sp³-hybridized carbons (Fsp3) is 0.462. The van der Waals surface area contributed by atoms with E-state index in [1.54, 1.807) is 24.3 Å². The van der Waals surface area contributed by atoms with E-state index >= 15 is 0 Å². The quantitative estimate of drug-likeness (QED) is 0.721. The molecule has 118 valence electrons. The van der Waals surface area contributed by atoms with Crippen molar-refractivity contribution in [3.63, 3.8) is 0 Å². The van der Waals surface area contributed by atoms with Crippen molar-refractivity contribution in [3.8, 4) is 0 Å². The lowest BCUT2D eigenvalue weighted by Crippen LogP contribution is -2.38. The molecule has 1 saturated carbocycles. The van der Waals surface area contributed by atoms with E-state index in [0.29, 0.717) is 18.0 Å². The lowest BCUT2D eigenvalue weighted by Gasteiger charge is -2.14. The largest absolute Gasteiger partial charge is 0.350 e. The van der Waals surface area contributed by atoms with Crippen molar-refractivity contribution < 1.29 is 13.2 Å². The summed E-state index contributed by atoms with van der Waals surface area (Å²) >= 11 is 0. The van der Waals surface area contributed by atoms with Crippen LogP contribution in [-0.4, -0.2) is 33.2 Å². The highest BCUT2D eigenvalue weighted by atomic mass is 35.5. The first kappa shape index (κ1) is 17.7. The maximum absolute atomic E-state index is 12.1. The summed E-state index contributed by atoms with van der Waals surface area (Å²) in [5.41, 5.74) is 6.48. The van der Waals surface area contributed by atoms with Gasteiger partial charge in [-0.05, 0) is 30.9 Å². The molecular formula is C13H20ClN3O3S. The molecule has 2 rings (SSSR count). The lowest BCUT2D eigenvalue weighted by molar-refractivity contribution is 0.0951. The monoisotopic (exact) mass is 333 g/mol. The van der Waals surface area contributed by atoms with Crippen LogP contribution in [0.15, 0.2) is 24.3 Å². The number of hydrogen-bond donors (Lipinski definition) is 3. The van der Waals surface area contributed by atoms with Gasteiger partial charge in [-0.1, -0.05) is 12.1 Å². The Morgan fingerprint density at radius 2 is 2.00 bits per heavy atom. The number of amides is 1. The van der Waals surface area contributed by atoms with Crippen LogP contribution in [0.4, 0.5) is 5.69 Å². The van der Waals surface area contributed by atoms with Gasteiger partial charge in [0.05, 0.1) is 17.5 Å². The molecule has 1 atom stereocenters. The molecule has 1 aromatic rings. The molecule has 1 aromatic carbocycles. The number of carbonyl (C=O) groups excluding carboxylic acids is 1. The summed E-state index contributed by atoms with van der Waals surface area (Å²) in [6, 6.07) is 6.44. The molecule has 6 nitrogen and oxygen atoms in total. The molecule has 1 amide bonds. The van der Waals surface area contributed by atoms with Crippen molar-refractivity contribution >= 4 is 34.0 Å². The average molecular weight is 334 g/mol. The first-order chi connectivity index (χ1) is 9.37. The SMILES string of the molecule is CS(=O)(=O)Nc1ccccc1C(=O)NCC(N)C1CC1.Cl. The molecular weight excluding hydrogens is 314 g/mol. The van der Waals surface area contributed by atoms with Crippen molar-refractivity contribution in [2.45, 2.75) is 18.9 Å². The fourth-order valence-electron chi connectivity index (χ4n) is 1.97. The molecule has 1 unspecified atom stereocenters. The van der Waals surface area contributed by atoms with Gasteiger partial charge in [0.25, 0.3) is 5.91 Å². The summed E-state index contributed by atoms with van der Waals surface area (Å²) in [6.45, 7) is 0.400. The molecule has 1 fully saturated rings. The minimum absolute atomic E-state index is 0. The minimum atomic E-state index is -3.42. The number of carbonyl (C=O) groups is 1. The number of anilines is 1. The van der Waals surface area contributed by atoms with Gasteiger partial charge < -0.3 is 11.1 Å². The second-order valence-electron chi connectivity index (χ2n) is 5.13. The van der Waals surface area contributed by atoms with Gasteiger partial charge in [0.15, 0.2) is 0 Å². The lowest BCUT2D eigenvalue weighted by atomic mass is 10.1. The minimum Gasteiger partial charge on any atom is -0.350 e. The highest BCUT2D eigenvalue weighted by molar-refractivity contribution is 7.92. The van der Waals surface area contributed by atoms with Crippen LogP contribution in [0.25, 0.3) is 0 Å². The van der Waals surface area contributed by atoms with Crippen LogP contribution in [0.5, 0.6) is 0 Å². The van der Waals surface area contributed by atoms with E-state index in [-0.39, 0.29) is 30.0 Å². The van der Waals surface area contributed by atoms with Gasteiger partial charge in [0.1, 0.15) is 0 Å². The topological polar surface area (TPSA) is 101 Å². The van der Waals surface area contributed by atoms with Crippen LogP contribution >= 0.6 is 12.4 Å². The number of nitrogens with two attached hydrogens (primary N) is 1. The number of hydrogen-bond acceptors (Lipinski definition) is 4. The summed E-state index contributed by atoms with van der Waals surface area (Å²) < 4.78 is 24.9. The first-order valence-corrected chi connectivity index (χ1v) is 8.36. The van der Waals surface area contributed by atoms with E-state index in [4.69, 9.17) is 5.73 Å². The predicted molar refractivity (Wildman–Crippen MR) is 85.2 cm³/mol. The molecule has 8 heteroatoms. The zero-order valence-corrected chi connectivity index (χ0v) is 13.3. The maximum Gasteiger partial charge on any atom is 0.253 e. The third-order valence-electron chi connectivity index (χ3n) is 3.19. The summed E-state index contributed by atoms with van der Waals surface area (Å²) in [5, 5.41) is 2.75. The molecule has 0 heterocycles. The van der Waals surface area contributed by atoms with Crippen molar-refractivity contribution in [2.75, 3.05) is 17.5 Å². The number of halogens is 1. The van der Waals surface area contributed by atoms with E-state index in [2.05, 4.69) is 10.0 Å². The average Bonchev–Trinajstić information content (AvgIpc) is 3.18. The summed E-state index contributed by atoms with van der Waals surface area (Å²) in [4.78, 5) is 12.1. The zero-order valence-electron chi connectivity index (χ0n) is 11.7. The van der Waals surface area contributed by atoms with E-state index in [9.17, 15) is 13.2 Å². The number of para-hydroxylation sites is 1. The molecule has 1 aliphatic rings. The Bertz CT molecular complexity index is 602. The molecule has 1 aliphatic carbocycles. The molecule has 4 N–H and O–H groups in total. The van der Waals surface area contributed by atoms with Gasteiger partial charge in [-0.25, -0.2) is 8.42 Å². The molecule has 0 aliphatic heterocycles. The van der Waals surface area contributed by atoms with Crippen molar-refractivity contribution in [1.29, 1.82) is 0 Å². The summed E-state index contributed by atoms with van der Waals surface area (Å²) in [6.07, 6.45) is 3.28. The molecule has 0 saturated heterocycles. The predicted octanol–water partition coefficient (Wildman–Crippen LogP) is 0.947. The number of nitrogens with one attached hydrogen (secondary N) is 2. The second-order valence-corrected chi connectivity index (χ2v) is 6.88. The molecule has 0 aromatic heterocycles. The van der Waals surface area contributed by atoms with Gasteiger partial charge in [0.2, 0.25) is 10.0 Å². The fourth-order valence-corrected chi connectivity index (χ4v) is 2.54. The molecule has 0 bridgehead atoms. The van der Waals surface area contributed by atoms with Crippen LogP contribution in [0.2, 0.25) is 0 Å². The Morgan fingerprint density at radius 1 is 1.38 bits per heavy atom. The van der Waals surface area contributed by atoms with Crippen molar-refractivity contribution in [1.82, 2.24) is 5.32 Å². The van der Waals surface area contributed by atoms with Crippen molar-refractivity contribution in [3.05, 3.63) is 29.8 Å². The van der Waals surface area contributed by atoms with E-state index in [1.165, 1.54) is 0 Å². The van der Waals surface area contributed by atoms with Crippen LogP contribution in [0.1, 0.15) is 23.2 Å². The third-order valence-corrected chi connectivity index (χ3v) is 3.78. The Kier molecular flexibility index (Phi) is 6.00. The second kappa shape index (κ2) is 7.11. The molecule has 0 radical (unpaired) electrons. The number of benzene rings is 1. The third kappa shape index (κ3) is 5.53. The number of rotatable bonds is 6. The first-order valence-electron chi connectivity index (χ1n) is 6.47. The van der Waals surface area contributed by atoms with Crippen LogP contribution in [-0.2, 0) is 10.0 Å². The van der Waals surface area contributed by atoms with Crippen LogP contribution in [0.3, 0.4) is 0 Å². The van der Waals surface area contributed by atoms with Gasteiger partial charge in [-0.3, -0.25) is 9.52 Å².